The number of sulfonamides is 1. The van der Waals surface area contributed by atoms with E-state index in [0.717, 1.165) is 32.2 Å². The summed E-state index contributed by atoms with van der Waals surface area (Å²) in [5.41, 5.74) is 1.22. The number of hydrogen-bond acceptors (Lipinski definition) is 4. The largest absolute Gasteiger partial charge is 0.311 e. The SMILES string of the molecule is CCNCc1n[nH]c(C)c1S(=O)(=O)N1CCCCCCC1. The second kappa shape index (κ2) is 7.38. The molecule has 1 aromatic rings. The van der Waals surface area contributed by atoms with Crippen LogP contribution in [0.5, 0.6) is 0 Å². The highest BCUT2D eigenvalue weighted by Gasteiger charge is 2.30. The smallest absolute Gasteiger partial charge is 0.246 e. The van der Waals surface area contributed by atoms with Crippen LogP contribution in [-0.4, -0.2) is 42.6 Å². The Morgan fingerprint density at radius 3 is 2.43 bits per heavy atom. The predicted molar refractivity (Wildman–Crippen MR) is 82.5 cm³/mol. The fourth-order valence-corrected chi connectivity index (χ4v) is 4.61. The molecule has 6 nitrogen and oxygen atoms in total. The van der Waals surface area contributed by atoms with E-state index in [2.05, 4.69) is 15.5 Å². The summed E-state index contributed by atoms with van der Waals surface area (Å²) in [6.07, 6.45) is 5.32. The molecule has 0 radical (unpaired) electrons. The molecule has 0 bridgehead atoms. The Bertz CT molecular complexity index is 545. The molecule has 120 valence electrons. The first kappa shape index (κ1) is 16.5. The molecular weight excluding hydrogens is 288 g/mol. The Morgan fingerprint density at radius 2 is 1.81 bits per heavy atom. The monoisotopic (exact) mass is 314 g/mol. The van der Waals surface area contributed by atoms with Crippen LogP contribution in [0.3, 0.4) is 0 Å². The van der Waals surface area contributed by atoms with Gasteiger partial charge in [0.25, 0.3) is 0 Å². The highest BCUT2D eigenvalue weighted by atomic mass is 32.2. The van der Waals surface area contributed by atoms with Crippen molar-refractivity contribution in [1.82, 2.24) is 19.8 Å². The maximum atomic E-state index is 13.0. The Kier molecular flexibility index (Phi) is 5.78. The molecule has 0 saturated carbocycles. The number of H-pyrrole nitrogens is 1. The second-order valence-corrected chi connectivity index (χ2v) is 7.45. The number of aryl methyl sites for hydroxylation is 1. The topological polar surface area (TPSA) is 78.1 Å². The van der Waals surface area contributed by atoms with Crippen molar-refractivity contribution in [2.45, 2.75) is 57.4 Å². The summed E-state index contributed by atoms with van der Waals surface area (Å²) in [6, 6.07) is 0. The van der Waals surface area contributed by atoms with E-state index >= 15 is 0 Å². The molecule has 1 aliphatic heterocycles. The standard InChI is InChI=1S/C14H26N4O2S/c1-3-15-11-13-14(12(2)16-17-13)21(19,20)18-9-7-5-4-6-8-10-18/h15H,3-11H2,1-2H3,(H,16,17). The van der Waals surface area contributed by atoms with Gasteiger partial charge in [-0.1, -0.05) is 26.2 Å². The molecule has 1 aromatic heterocycles. The number of aromatic nitrogens is 2. The molecule has 21 heavy (non-hydrogen) atoms. The Morgan fingerprint density at radius 1 is 1.19 bits per heavy atom. The zero-order valence-corrected chi connectivity index (χ0v) is 13.8. The predicted octanol–water partition coefficient (Wildman–Crippen LogP) is 1.78. The normalized spacial score (nSPS) is 18.4. The molecule has 2 heterocycles. The van der Waals surface area contributed by atoms with Gasteiger partial charge in [0.2, 0.25) is 10.0 Å². The third kappa shape index (κ3) is 3.84. The van der Waals surface area contributed by atoms with E-state index in [4.69, 9.17) is 0 Å². The van der Waals surface area contributed by atoms with Gasteiger partial charge in [-0.25, -0.2) is 8.42 Å². The minimum Gasteiger partial charge on any atom is -0.311 e. The first-order valence-electron chi connectivity index (χ1n) is 7.82. The molecule has 1 aliphatic rings. The fourth-order valence-electron chi connectivity index (χ4n) is 2.76. The van der Waals surface area contributed by atoms with Crippen LogP contribution in [0.15, 0.2) is 4.90 Å². The first-order valence-corrected chi connectivity index (χ1v) is 9.26. The Hall–Kier alpha value is -0.920. The number of nitrogens with zero attached hydrogens (tertiary/aromatic N) is 2. The van der Waals surface area contributed by atoms with Crippen LogP contribution in [0.2, 0.25) is 0 Å². The molecule has 0 aliphatic carbocycles. The van der Waals surface area contributed by atoms with Crippen LogP contribution in [-0.2, 0) is 16.6 Å². The maximum absolute atomic E-state index is 13.0. The van der Waals surface area contributed by atoms with Gasteiger partial charge in [-0.2, -0.15) is 9.40 Å². The van der Waals surface area contributed by atoms with E-state index in [1.54, 1.807) is 11.2 Å². The summed E-state index contributed by atoms with van der Waals surface area (Å²) < 4.78 is 27.6. The van der Waals surface area contributed by atoms with Crippen LogP contribution in [0.25, 0.3) is 0 Å². The van der Waals surface area contributed by atoms with Crippen LogP contribution < -0.4 is 5.32 Å². The summed E-state index contributed by atoms with van der Waals surface area (Å²) in [5.74, 6) is 0. The molecule has 0 atom stereocenters. The summed E-state index contributed by atoms with van der Waals surface area (Å²) in [7, 11) is -3.45. The fraction of sp³-hybridized carbons (Fsp3) is 0.786. The number of nitrogens with one attached hydrogen (secondary N) is 2. The third-order valence-corrected chi connectivity index (χ3v) is 6.02. The quantitative estimate of drug-likeness (QED) is 0.868. The van der Waals surface area contributed by atoms with E-state index in [1.807, 2.05) is 6.92 Å². The van der Waals surface area contributed by atoms with Gasteiger partial charge in [0.1, 0.15) is 4.90 Å². The number of aromatic amines is 1. The van der Waals surface area contributed by atoms with Gasteiger partial charge in [-0.05, 0) is 26.3 Å². The van der Waals surface area contributed by atoms with E-state index in [9.17, 15) is 8.42 Å². The maximum Gasteiger partial charge on any atom is 0.246 e. The van der Waals surface area contributed by atoms with Crippen molar-refractivity contribution in [3.8, 4) is 0 Å². The van der Waals surface area contributed by atoms with Gasteiger partial charge < -0.3 is 5.32 Å². The lowest BCUT2D eigenvalue weighted by atomic mass is 10.1. The minimum atomic E-state index is -3.45. The van der Waals surface area contributed by atoms with Crippen LogP contribution >= 0.6 is 0 Å². The van der Waals surface area contributed by atoms with Crippen molar-refractivity contribution in [3.63, 3.8) is 0 Å². The molecule has 0 spiro atoms. The van der Waals surface area contributed by atoms with Gasteiger partial charge in [-0.3, -0.25) is 5.10 Å². The van der Waals surface area contributed by atoms with Crippen molar-refractivity contribution >= 4 is 10.0 Å². The molecule has 1 saturated heterocycles. The lowest BCUT2D eigenvalue weighted by molar-refractivity contribution is 0.363. The highest BCUT2D eigenvalue weighted by Crippen LogP contribution is 2.24. The molecule has 7 heteroatoms. The molecule has 0 unspecified atom stereocenters. The van der Waals surface area contributed by atoms with E-state index in [0.29, 0.717) is 35.9 Å². The van der Waals surface area contributed by atoms with E-state index in [1.165, 1.54) is 6.42 Å². The minimum absolute atomic E-state index is 0.365. The summed E-state index contributed by atoms with van der Waals surface area (Å²) in [5, 5.41) is 10.1. The molecule has 0 amide bonds. The van der Waals surface area contributed by atoms with Crippen molar-refractivity contribution in [3.05, 3.63) is 11.4 Å². The van der Waals surface area contributed by atoms with Gasteiger partial charge in [0, 0.05) is 19.6 Å². The van der Waals surface area contributed by atoms with Gasteiger partial charge in [-0.15, -0.1) is 0 Å². The Balaban J connectivity index is 2.27. The third-order valence-electron chi connectivity index (χ3n) is 3.92. The van der Waals surface area contributed by atoms with Gasteiger partial charge in [0.15, 0.2) is 0 Å². The molecule has 0 aromatic carbocycles. The second-order valence-electron chi connectivity index (χ2n) is 5.58. The van der Waals surface area contributed by atoms with E-state index < -0.39 is 10.0 Å². The van der Waals surface area contributed by atoms with Crippen molar-refractivity contribution in [1.29, 1.82) is 0 Å². The molecule has 1 fully saturated rings. The van der Waals surface area contributed by atoms with Crippen molar-refractivity contribution in [2.75, 3.05) is 19.6 Å². The van der Waals surface area contributed by atoms with Crippen molar-refractivity contribution < 1.29 is 8.42 Å². The Labute approximate surface area is 127 Å². The van der Waals surface area contributed by atoms with Crippen molar-refractivity contribution in [2.24, 2.45) is 0 Å². The lowest BCUT2D eigenvalue weighted by Crippen LogP contribution is -2.34. The zero-order valence-electron chi connectivity index (χ0n) is 13.0. The summed E-state index contributed by atoms with van der Waals surface area (Å²) in [4.78, 5) is 0.365. The number of rotatable bonds is 5. The van der Waals surface area contributed by atoms with Crippen LogP contribution in [0.4, 0.5) is 0 Å². The number of hydrogen-bond donors (Lipinski definition) is 2. The van der Waals surface area contributed by atoms with E-state index in [-0.39, 0.29) is 0 Å². The molecule has 2 rings (SSSR count). The molecule has 2 N–H and O–H groups in total. The summed E-state index contributed by atoms with van der Waals surface area (Å²) in [6.45, 7) is 6.27. The van der Waals surface area contributed by atoms with Crippen LogP contribution in [0, 0.1) is 6.92 Å². The zero-order chi connectivity index (χ0) is 15.3. The van der Waals surface area contributed by atoms with Gasteiger partial charge in [0.05, 0.1) is 11.4 Å². The lowest BCUT2D eigenvalue weighted by Gasteiger charge is -2.24. The van der Waals surface area contributed by atoms with Crippen LogP contribution in [0.1, 0.15) is 50.4 Å². The summed E-state index contributed by atoms with van der Waals surface area (Å²) >= 11 is 0. The van der Waals surface area contributed by atoms with Gasteiger partial charge >= 0.3 is 0 Å². The average molecular weight is 314 g/mol. The molecular formula is C14H26N4O2S. The first-order chi connectivity index (χ1) is 10.1. The highest BCUT2D eigenvalue weighted by molar-refractivity contribution is 7.89. The average Bonchev–Trinajstić information content (AvgIpc) is 2.77.